The summed E-state index contributed by atoms with van der Waals surface area (Å²) >= 11 is 0. The van der Waals surface area contributed by atoms with Gasteiger partial charge in [0.2, 0.25) is 0 Å². The van der Waals surface area contributed by atoms with Crippen molar-refractivity contribution in [3.63, 3.8) is 0 Å². The largest absolute Gasteiger partial charge is 0.508 e. The Kier molecular flexibility index (Phi) is 3.15. The van der Waals surface area contributed by atoms with E-state index < -0.39 is 23.1 Å². The summed E-state index contributed by atoms with van der Waals surface area (Å²) in [5.74, 6) is -0.341. The molecule has 0 fully saturated rings. The molecule has 0 unspecified atom stereocenters. The molecule has 0 spiro atoms. The molecule has 0 radical (unpaired) electrons. The highest BCUT2D eigenvalue weighted by atomic mass is 19.3. The number of nitro benzene ring substituents is 1. The maximum Gasteiger partial charge on any atom is 0.274 e. The summed E-state index contributed by atoms with van der Waals surface area (Å²) in [7, 11) is 0. The number of aromatic hydroxyl groups is 1. The quantitative estimate of drug-likeness (QED) is 0.595. The minimum Gasteiger partial charge on any atom is -0.508 e. The molecule has 1 aromatic carbocycles. The average Bonchev–Trinajstić information content (AvgIpc) is 2.15. The molecule has 3 N–H and O–H groups in total. The molecule has 0 bridgehead atoms. The predicted octanol–water partition coefficient (Wildman–Crippen LogP) is 1.57. The number of alkyl halides is 2. The van der Waals surface area contributed by atoms with Crippen LogP contribution >= 0.6 is 0 Å². The van der Waals surface area contributed by atoms with E-state index in [4.69, 9.17) is 10.8 Å². The summed E-state index contributed by atoms with van der Waals surface area (Å²) in [5.41, 5.74) is 4.17. The van der Waals surface area contributed by atoms with Gasteiger partial charge in [0.05, 0.1) is 16.5 Å². The molecule has 0 aliphatic heterocycles. The minimum absolute atomic E-state index is 0.341. The monoisotopic (exact) mass is 218 g/mol. The summed E-state index contributed by atoms with van der Waals surface area (Å²) in [6, 6.07) is 1.07. The zero-order valence-electron chi connectivity index (χ0n) is 7.43. The van der Waals surface area contributed by atoms with Crippen LogP contribution in [-0.2, 0) is 0 Å². The van der Waals surface area contributed by atoms with E-state index >= 15 is 0 Å². The van der Waals surface area contributed by atoms with Gasteiger partial charge in [-0.15, -0.1) is 0 Å². The number of nitro groups is 1. The lowest BCUT2D eigenvalue weighted by Gasteiger charge is -2.11. The van der Waals surface area contributed by atoms with Crippen molar-refractivity contribution in [1.29, 1.82) is 0 Å². The SMILES string of the molecule is N[C@H](c1cc(O)ccc1[N+](=O)[O-])C(F)F. The van der Waals surface area contributed by atoms with Gasteiger partial charge in [-0.3, -0.25) is 10.1 Å². The lowest BCUT2D eigenvalue weighted by Crippen LogP contribution is -2.20. The van der Waals surface area contributed by atoms with E-state index in [-0.39, 0.29) is 11.3 Å². The van der Waals surface area contributed by atoms with E-state index in [0.29, 0.717) is 0 Å². The van der Waals surface area contributed by atoms with E-state index in [2.05, 4.69) is 0 Å². The molecule has 1 aromatic rings. The van der Waals surface area contributed by atoms with Crippen molar-refractivity contribution in [2.45, 2.75) is 12.5 Å². The fourth-order valence-corrected chi connectivity index (χ4v) is 1.11. The van der Waals surface area contributed by atoms with Gasteiger partial charge in [-0.05, 0) is 12.1 Å². The van der Waals surface area contributed by atoms with E-state index in [0.717, 1.165) is 18.2 Å². The van der Waals surface area contributed by atoms with Gasteiger partial charge in [-0.25, -0.2) is 8.78 Å². The Balaban J connectivity index is 3.24. The van der Waals surface area contributed by atoms with Crippen LogP contribution in [0.1, 0.15) is 11.6 Å². The Hall–Kier alpha value is -1.76. The second kappa shape index (κ2) is 4.18. The third-order valence-corrected chi connectivity index (χ3v) is 1.84. The van der Waals surface area contributed by atoms with Crippen LogP contribution in [0.2, 0.25) is 0 Å². The molecular weight excluding hydrogens is 210 g/mol. The molecule has 7 heteroatoms. The molecule has 0 heterocycles. The number of phenolic OH excluding ortho intramolecular Hbond substituents is 1. The zero-order chi connectivity index (χ0) is 11.6. The number of nitrogens with zero attached hydrogens (tertiary/aromatic N) is 1. The molecule has 5 nitrogen and oxygen atoms in total. The van der Waals surface area contributed by atoms with Gasteiger partial charge in [0, 0.05) is 6.07 Å². The minimum atomic E-state index is -2.93. The number of halogens is 2. The van der Waals surface area contributed by atoms with Crippen LogP contribution in [-0.4, -0.2) is 16.5 Å². The van der Waals surface area contributed by atoms with Crippen LogP contribution in [0.25, 0.3) is 0 Å². The number of phenols is 1. The molecule has 0 amide bonds. The van der Waals surface area contributed by atoms with Crippen molar-refractivity contribution in [1.82, 2.24) is 0 Å². The summed E-state index contributed by atoms with van der Waals surface area (Å²) in [6.45, 7) is 0. The maximum atomic E-state index is 12.3. The summed E-state index contributed by atoms with van der Waals surface area (Å²) < 4.78 is 24.5. The maximum absolute atomic E-state index is 12.3. The molecule has 0 aliphatic carbocycles. The van der Waals surface area contributed by atoms with Crippen molar-refractivity contribution in [3.8, 4) is 5.75 Å². The number of rotatable bonds is 3. The molecule has 0 aliphatic rings. The fraction of sp³-hybridized carbons (Fsp3) is 0.250. The Bertz CT molecular complexity index is 384. The van der Waals surface area contributed by atoms with Gasteiger partial charge in [0.1, 0.15) is 5.75 Å². The third kappa shape index (κ3) is 2.38. The molecule has 1 atom stereocenters. The van der Waals surface area contributed by atoms with Crippen molar-refractivity contribution in [2.75, 3.05) is 0 Å². The average molecular weight is 218 g/mol. The summed E-state index contributed by atoms with van der Waals surface area (Å²) in [6.07, 6.45) is -2.93. The predicted molar refractivity (Wildman–Crippen MR) is 47.7 cm³/mol. The van der Waals surface area contributed by atoms with Crippen LogP contribution < -0.4 is 5.73 Å². The first-order valence-corrected chi connectivity index (χ1v) is 3.94. The molecule has 0 saturated heterocycles. The van der Waals surface area contributed by atoms with Crippen LogP contribution in [0.5, 0.6) is 5.75 Å². The Morgan fingerprint density at radius 2 is 2.07 bits per heavy atom. The van der Waals surface area contributed by atoms with Crippen LogP contribution in [0.3, 0.4) is 0 Å². The van der Waals surface area contributed by atoms with Gasteiger partial charge in [0.25, 0.3) is 12.1 Å². The van der Waals surface area contributed by atoms with Crippen LogP contribution in [0.4, 0.5) is 14.5 Å². The standard InChI is InChI=1S/C8H8F2N2O3/c9-8(10)7(11)5-3-4(13)1-2-6(5)12(14)15/h1-3,7-8,13H,11H2/t7-/m1/s1. The van der Waals surface area contributed by atoms with Gasteiger partial charge in [-0.1, -0.05) is 0 Å². The van der Waals surface area contributed by atoms with Gasteiger partial charge in [0.15, 0.2) is 0 Å². The summed E-state index contributed by atoms with van der Waals surface area (Å²) in [4.78, 5) is 9.66. The Labute approximate surface area is 83.3 Å². The van der Waals surface area contributed by atoms with Gasteiger partial charge in [-0.2, -0.15) is 0 Å². The molecule has 82 valence electrons. The first-order valence-electron chi connectivity index (χ1n) is 3.94. The van der Waals surface area contributed by atoms with E-state index in [1.165, 1.54) is 0 Å². The van der Waals surface area contributed by atoms with E-state index in [1.54, 1.807) is 0 Å². The zero-order valence-corrected chi connectivity index (χ0v) is 7.43. The summed E-state index contributed by atoms with van der Waals surface area (Å²) in [5, 5.41) is 19.5. The van der Waals surface area contributed by atoms with Crippen molar-refractivity contribution in [2.24, 2.45) is 5.73 Å². The lowest BCUT2D eigenvalue weighted by atomic mass is 10.1. The van der Waals surface area contributed by atoms with Crippen molar-refractivity contribution in [3.05, 3.63) is 33.9 Å². The Morgan fingerprint density at radius 3 is 2.53 bits per heavy atom. The molecule has 1 rings (SSSR count). The molecule has 0 aromatic heterocycles. The smallest absolute Gasteiger partial charge is 0.274 e. The highest BCUT2D eigenvalue weighted by Crippen LogP contribution is 2.30. The number of hydrogen-bond acceptors (Lipinski definition) is 4. The Morgan fingerprint density at radius 1 is 1.47 bits per heavy atom. The second-order valence-corrected chi connectivity index (χ2v) is 2.86. The van der Waals surface area contributed by atoms with Gasteiger partial charge >= 0.3 is 0 Å². The second-order valence-electron chi connectivity index (χ2n) is 2.86. The van der Waals surface area contributed by atoms with Crippen LogP contribution in [0, 0.1) is 10.1 Å². The van der Waals surface area contributed by atoms with E-state index in [9.17, 15) is 18.9 Å². The van der Waals surface area contributed by atoms with E-state index in [1.807, 2.05) is 0 Å². The van der Waals surface area contributed by atoms with Gasteiger partial charge < -0.3 is 10.8 Å². The van der Waals surface area contributed by atoms with Crippen LogP contribution in [0.15, 0.2) is 18.2 Å². The third-order valence-electron chi connectivity index (χ3n) is 1.84. The van der Waals surface area contributed by atoms with Crippen molar-refractivity contribution >= 4 is 5.69 Å². The topological polar surface area (TPSA) is 89.4 Å². The highest BCUT2D eigenvalue weighted by molar-refractivity contribution is 5.46. The first-order chi connectivity index (χ1) is 6.93. The number of hydrogen-bond donors (Lipinski definition) is 2. The highest BCUT2D eigenvalue weighted by Gasteiger charge is 2.26. The number of nitrogens with two attached hydrogens (primary N) is 1. The first kappa shape index (κ1) is 11.3. The lowest BCUT2D eigenvalue weighted by molar-refractivity contribution is -0.385. The van der Waals surface area contributed by atoms with Crippen molar-refractivity contribution < 1.29 is 18.8 Å². The number of benzene rings is 1. The molecule has 15 heavy (non-hydrogen) atoms. The normalized spacial score (nSPS) is 12.8. The fourth-order valence-electron chi connectivity index (χ4n) is 1.11. The molecular formula is C8H8F2N2O3. The molecule has 0 saturated carbocycles.